The van der Waals surface area contributed by atoms with Gasteiger partial charge in [-0.2, -0.15) is 0 Å². The number of hydrogen-bond donors (Lipinski definition) is 1. The van der Waals surface area contributed by atoms with Crippen LogP contribution in [-0.4, -0.2) is 29.2 Å². The fourth-order valence-electron chi connectivity index (χ4n) is 1.53. The van der Waals surface area contributed by atoms with E-state index < -0.39 is 0 Å². The van der Waals surface area contributed by atoms with Crippen LogP contribution in [0.3, 0.4) is 0 Å². The SMILES string of the molecule is COC(=O)CNc1nc2ccccc2n1C. The normalized spacial score (nSPS) is 10.4. The topological polar surface area (TPSA) is 56.1 Å². The number of aromatic nitrogens is 2. The number of ether oxygens (including phenoxy) is 1. The van der Waals surface area contributed by atoms with Crippen molar-refractivity contribution in [3.63, 3.8) is 0 Å². The fraction of sp³-hybridized carbons (Fsp3) is 0.273. The van der Waals surface area contributed by atoms with E-state index in [-0.39, 0.29) is 12.5 Å². The number of methoxy groups -OCH3 is 1. The maximum atomic E-state index is 11.0. The van der Waals surface area contributed by atoms with E-state index in [2.05, 4.69) is 15.0 Å². The minimum Gasteiger partial charge on any atom is -0.468 e. The van der Waals surface area contributed by atoms with Gasteiger partial charge in [-0.05, 0) is 12.1 Å². The largest absolute Gasteiger partial charge is 0.468 e. The summed E-state index contributed by atoms with van der Waals surface area (Å²) >= 11 is 0. The first kappa shape index (κ1) is 10.5. The van der Waals surface area contributed by atoms with E-state index in [9.17, 15) is 4.79 Å². The molecule has 0 bridgehead atoms. The Morgan fingerprint density at radius 3 is 2.94 bits per heavy atom. The van der Waals surface area contributed by atoms with Crippen LogP contribution in [0.15, 0.2) is 24.3 Å². The second-order valence-corrected chi connectivity index (χ2v) is 3.41. The molecule has 0 aliphatic rings. The van der Waals surface area contributed by atoms with Crippen molar-refractivity contribution in [1.82, 2.24) is 9.55 Å². The molecule has 1 aromatic carbocycles. The second-order valence-electron chi connectivity index (χ2n) is 3.41. The van der Waals surface area contributed by atoms with E-state index in [1.54, 1.807) is 0 Å². The van der Waals surface area contributed by atoms with E-state index in [1.807, 2.05) is 35.9 Å². The van der Waals surface area contributed by atoms with Crippen LogP contribution in [0, 0.1) is 0 Å². The summed E-state index contributed by atoms with van der Waals surface area (Å²) in [5.74, 6) is 0.346. The molecule has 0 aliphatic carbocycles. The highest BCUT2D eigenvalue weighted by Gasteiger charge is 2.07. The molecule has 2 aromatic rings. The van der Waals surface area contributed by atoms with Gasteiger partial charge < -0.3 is 14.6 Å². The third-order valence-corrected chi connectivity index (χ3v) is 2.41. The maximum absolute atomic E-state index is 11.0. The quantitative estimate of drug-likeness (QED) is 0.787. The van der Waals surface area contributed by atoms with Crippen LogP contribution in [0.4, 0.5) is 5.95 Å². The first-order chi connectivity index (χ1) is 7.72. The van der Waals surface area contributed by atoms with Crippen LogP contribution in [-0.2, 0) is 16.6 Å². The molecule has 0 spiro atoms. The molecule has 0 saturated heterocycles. The zero-order chi connectivity index (χ0) is 11.5. The Kier molecular flexibility index (Phi) is 2.76. The first-order valence-electron chi connectivity index (χ1n) is 4.94. The molecule has 0 saturated carbocycles. The first-order valence-corrected chi connectivity index (χ1v) is 4.94. The van der Waals surface area contributed by atoms with Gasteiger partial charge in [0.1, 0.15) is 6.54 Å². The molecular weight excluding hydrogens is 206 g/mol. The van der Waals surface area contributed by atoms with Gasteiger partial charge in [0.15, 0.2) is 0 Å². The number of esters is 1. The highest BCUT2D eigenvalue weighted by atomic mass is 16.5. The van der Waals surface area contributed by atoms with Crippen molar-refractivity contribution in [2.24, 2.45) is 7.05 Å². The minimum atomic E-state index is -0.313. The molecule has 0 amide bonds. The van der Waals surface area contributed by atoms with Gasteiger partial charge in [-0.1, -0.05) is 12.1 Å². The van der Waals surface area contributed by atoms with Gasteiger partial charge in [-0.3, -0.25) is 4.79 Å². The molecule has 1 heterocycles. The Labute approximate surface area is 93.0 Å². The predicted molar refractivity (Wildman–Crippen MR) is 61.2 cm³/mol. The molecular formula is C11H13N3O2. The number of carbonyl (C=O) groups is 1. The highest BCUT2D eigenvalue weighted by molar-refractivity contribution is 5.80. The van der Waals surface area contributed by atoms with Gasteiger partial charge in [-0.25, -0.2) is 4.98 Å². The van der Waals surface area contributed by atoms with E-state index in [1.165, 1.54) is 7.11 Å². The molecule has 84 valence electrons. The summed E-state index contributed by atoms with van der Waals surface area (Å²) in [5.41, 5.74) is 1.92. The molecule has 0 aliphatic heterocycles. The molecule has 0 radical (unpaired) electrons. The van der Waals surface area contributed by atoms with Crippen molar-refractivity contribution in [3.8, 4) is 0 Å². The number of nitrogens with zero attached hydrogens (tertiary/aromatic N) is 2. The van der Waals surface area contributed by atoms with Crippen molar-refractivity contribution >= 4 is 23.0 Å². The van der Waals surface area contributed by atoms with Crippen molar-refractivity contribution in [3.05, 3.63) is 24.3 Å². The number of anilines is 1. The van der Waals surface area contributed by atoms with E-state index in [4.69, 9.17) is 0 Å². The number of fused-ring (bicyclic) bond motifs is 1. The average Bonchev–Trinajstić information content (AvgIpc) is 2.64. The lowest BCUT2D eigenvalue weighted by atomic mass is 10.3. The molecule has 1 aromatic heterocycles. The zero-order valence-corrected chi connectivity index (χ0v) is 9.23. The van der Waals surface area contributed by atoms with Crippen molar-refractivity contribution in [2.45, 2.75) is 0 Å². The van der Waals surface area contributed by atoms with Gasteiger partial charge in [0, 0.05) is 7.05 Å². The molecule has 2 rings (SSSR count). The molecule has 1 N–H and O–H groups in total. The highest BCUT2D eigenvalue weighted by Crippen LogP contribution is 2.16. The van der Waals surface area contributed by atoms with Crippen molar-refractivity contribution < 1.29 is 9.53 Å². The van der Waals surface area contributed by atoms with Gasteiger partial charge in [0.25, 0.3) is 0 Å². The van der Waals surface area contributed by atoms with Crippen molar-refractivity contribution in [2.75, 3.05) is 19.0 Å². The Balaban J connectivity index is 2.24. The average molecular weight is 219 g/mol. The summed E-state index contributed by atoms with van der Waals surface area (Å²) in [5, 5.41) is 2.93. The summed E-state index contributed by atoms with van der Waals surface area (Å²) in [6, 6.07) is 7.79. The van der Waals surface area contributed by atoms with E-state index in [0.717, 1.165) is 11.0 Å². The number of rotatable bonds is 3. The summed E-state index contributed by atoms with van der Waals surface area (Å²) in [4.78, 5) is 15.4. The lowest BCUT2D eigenvalue weighted by Crippen LogP contribution is -2.17. The Bertz CT molecular complexity index is 519. The summed E-state index contributed by atoms with van der Waals surface area (Å²) in [6.45, 7) is 0.119. The van der Waals surface area contributed by atoms with Crippen LogP contribution in [0.2, 0.25) is 0 Å². The molecule has 0 atom stereocenters. The summed E-state index contributed by atoms with van der Waals surface area (Å²) in [7, 11) is 3.26. The molecule has 5 nitrogen and oxygen atoms in total. The summed E-state index contributed by atoms with van der Waals surface area (Å²) < 4.78 is 6.45. The number of para-hydroxylation sites is 2. The van der Waals surface area contributed by atoms with Crippen LogP contribution in [0.1, 0.15) is 0 Å². The lowest BCUT2D eigenvalue weighted by Gasteiger charge is -2.04. The molecule has 0 fully saturated rings. The Morgan fingerprint density at radius 1 is 1.50 bits per heavy atom. The van der Waals surface area contributed by atoms with Gasteiger partial charge in [-0.15, -0.1) is 0 Å². The standard InChI is InChI=1S/C11H13N3O2/c1-14-9-6-4-3-5-8(9)13-11(14)12-7-10(15)16-2/h3-6H,7H2,1-2H3,(H,12,13). The number of nitrogens with one attached hydrogen (secondary N) is 1. The van der Waals surface area contributed by atoms with Gasteiger partial charge in [0.05, 0.1) is 18.1 Å². The Morgan fingerprint density at radius 2 is 2.25 bits per heavy atom. The molecule has 0 unspecified atom stereocenters. The maximum Gasteiger partial charge on any atom is 0.325 e. The third-order valence-electron chi connectivity index (χ3n) is 2.41. The smallest absolute Gasteiger partial charge is 0.325 e. The number of aryl methyl sites for hydroxylation is 1. The third kappa shape index (κ3) is 1.84. The van der Waals surface area contributed by atoms with Gasteiger partial charge in [0.2, 0.25) is 5.95 Å². The van der Waals surface area contributed by atoms with Crippen LogP contribution < -0.4 is 5.32 Å². The van der Waals surface area contributed by atoms with Crippen LogP contribution in [0.5, 0.6) is 0 Å². The van der Waals surface area contributed by atoms with Crippen LogP contribution in [0.25, 0.3) is 11.0 Å². The number of carbonyl (C=O) groups excluding carboxylic acids is 1. The zero-order valence-electron chi connectivity index (χ0n) is 9.23. The minimum absolute atomic E-state index is 0.119. The number of hydrogen-bond acceptors (Lipinski definition) is 4. The number of benzene rings is 1. The molecule has 5 heteroatoms. The van der Waals surface area contributed by atoms with E-state index >= 15 is 0 Å². The van der Waals surface area contributed by atoms with Crippen LogP contribution >= 0.6 is 0 Å². The monoisotopic (exact) mass is 219 g/mol. The number of imidazole rings is 1. The van der Waals surface area contributed by atoms with E-state index in [0.29, 0.717) is 5.95 Å². The Hall–Kier alpha value is -2.04. The lowest BCUT2D eigenvalue weighted by molar-refractivity contribution is -0.138. The predicted octanol–water partition coefficient (Wildman–Crippen LogP) is 1.16. The van der Waals surface area contributed by atoms with Crippen molar-refractivity contribution in [1.29, 1.82) is 0 Å². The molecule has 16 heavy (non-hydrogen) atoms. The van der Waals surface area contributed by atoms with Gasteiger partial charge >= 0.3 is 5.97 Å². The summed E-state index contributed by atoms with van der Waals surface area (Å²) in [6.07, 6.45) is 0. The fourth-order valence-corrected chi connectivity index (χ4v) is 1.53. The second kappa shape index (κ2) is 4.22.